The van der Waals surface area contributed by atoms with Gasteiger partial charge in [0.05, 0.1) is 18.3 Å². The Balaban J connectivity index is 1.42. The maximum absolute atomic E-state index is 5.73. The summed E-state index contributed by atoms with van der Waals surface area (Å²) in [5, 5.41) is 7.04. The van der Waals surface area contributed by atoms with Crippen LogP contribution in [0, 0.1) is 26.7 Å². The number of aryl methyl sites for hydroxylation is 3. The number of guanidine groups is 1. The molecule has 0 saturated carbocycles. The lowest BCUT2D eigenvalue weighted by Gasteiger charge is -2.31. The van der Waals surface area contributed by atoms with E-state index in [9.17, 15) is 0 Å². The first-order valence-electron chi connectivity index (χ1n) is 10.6. The highest BCUT2D eigenvalue weighted by Crippen LogP contribution is 2.20. The molecule has 0 radical (unpaired) electrons. The van der Waals surface area contributed by atoms with Crippen LogP contribution in [-0.2, 0) is 6.54 Å². The maximum atomic E-state index is 5.73. The topological polar surface area (TPSA) is 65.7 Å². The SMILES string of the molecule is CN=C(NCC1CCN(Cc2nc(C)c(C)o2)CC1)NC(C)c1ccccc1C. The summed E-state index contributed by atoms with van der Waals surface area (Å²) < 4.78 is 5.73. The molecule has 0 aliphatic carbocycles. The van der Waals surface area contributed by atoms with Gasteiger partial charge in [-0.1, -0.05) is 24.3 Å². The predicted molar refractivity (Wildman–Crippen MR) is 118 cm³/mol. The molecule has 2 aromatic rings. The summed E-state index contributed by atoms with van der Waals surface area (Å²) >= 11 is 0. The number of nitrogens with one attached hydrogen (secondary N) is 2. The highest BCUT2D eigenvalue weighted by atomic mass is 16.4. The number of nitrogens with zero attached hydrogens (tertiary/aromatic N) is 3. The third-order valence-corrected chi connectivity index (χ3v) is 5.93. The van der Waals surface area contributed by atoms with Gasteiger partial charge in [0.15, 0.2) is 5.96 Å². The van der Waals surface area contributed by atoms with Crippen molar-refractivity contribution in [3.05, 3.63) is 52.7 Å². The normalized spacial score (nSPS) is 17.3. The second-order valence-corrected chi connectivity index (χ2v) is 8.14. The minimum absolute atomic E-state index is 0.219. The molecule has 6 nitrogen and oxygen atoms in total. The number of hydrogen-bond donors (Lipinski definition) is 2. The number of piperidine rings is 1. The first-order valence-corrected chi connectivity index (χ1v) is 10.6. The van der Waals surface area contributed by atoms with Crippen LogP contribution in [0.3, 0.4) is 0 Å². The smallest absolute Gasteiger partial charge is 0.208 e. The predicted octanol–water partition coefficient (Wildman–Crippen LogP) is 3.74. The minimum Gasteiger partial charge on any atom is -0.444 e. The van der Waals surface area contributed by atoms with Gasteiger partial charge in [0.2, 0.25) is 5.89 Å². The number of likely N-dealkylation sites (tertiary alicyclic amines) is 1. The van der Waals surface area contributed by atoms with Crippen molar-refractivity contribution in [2.75, 3.05) is 26.7 Å². The second-order valence-electron chi connectivity index (χ2n) is 8.14. The number of rotatable bonds is 6. The van der Waals surface area contributed by atoms with E-state index in [-0.39, 0.29) is 6.04 Å². The Bertz CT molecular complexity index is 801. The standard InChI is InChI=1S/C23H35N5O/c1-16-8-6-7-9-21(16)18(3)27-23(24-5)25-14-20-10-12-28(13-11-20)15-22-26-17(2)19(4)29-22/h6-9,18,20H,10-15H2,1-5H3,(H2,24,25,27). The van der Waals surface area contributed by atoms with E-state index in [1.807, 2.05) is 20.9 Å². The molecule has 1 aromatic heterocycles. The van der Waals surface area contributed by atoms with Crippen molar-refractivity contribution in [3.63, 3.8) is 0 Å². The Labute approximate surface area is 174 Å². The van der Waals surface area contributed by atoms with Crippen molar-refractivity contribution < 1.29 is 4.42 Å². The second kappa shape index (κ2) is 9.92. The zero-order valence-corrected chi connectivity index (χ0v) is 18.5. The lowest BCUT2D eigenvalue weighted by atomic mass is 9.97. The molecule has 1 fully saturated rings. The van der Waals surface area contributed by atoms with Crippen LogP contribution < -0.4 is 10.6 Å². The summed E-state index contributed by atoms with van der Waals surface area (Å²) in [6.45, 7) is 12.2. The number of benzene rings is 1. The number of aliphatic imine (C=N–C) groups is 1. The van der Waals surface area contributed by atoms with E-state index in [4.69, 9.17) is 4.42 Å². The summed E-state index contributed by atoms with van der Waals surface area (Å²) in [7, 11) is 1.84. The van der Waals surface area contributed by atoms with Crippen molar-refractivity contribution >= 4 is 5.96 Å². The highest BCUT2D eigenvalue weighted by Gasteiger charge is 2.21. The molecular weight excluding hydrogens is 362 g/mol. The van der Waals surface area contributed by atoms with Gasteiger partial charge in [0, 0.05) is 13.6 Å². The minimum atomic E-state index is 0.219. The van der Waals surface area contributed by atoms with Crippen molar-refractivity contribution in [1.82, 2.24) is 20.5 Å². The Morgan fingerprint density at radius 3 is 2.59 bits per heavy atom. The van der Waals surface area contributed by atoms with Gasteiger partial charge in [0.25, 0.3) is 0 Å². The number of hydrogen-bond acceptors (Lipinski definition) is 4. The number of oxazole rings is 1. The van der Waals surface area contributed by atoms with E-state index < -0.39 is 0 Å². The monoisotopic (exact) mass is 397 g/mol. The fourth-order valence-corrected chi connectivity index (χ4v) is 3.94. The molecule has 2 N–H and O–H groups in total. The molecule has 0 amide bonds. The fourth-order valence-electron chi connectivity index (χ4n) is 3.94. The van der Waals surface area contributed by atoms with E-state index in [1.54, 1.807) is 0 Å². The zero-order valence-electron chi connectivity index (χ0n) is 18.5. The van der Waals surface area contributed by atoms with Gasteiger partial charge >= 0.3 is 0 Å². The van der Waals surface area contributed by atoms with Gasteiger partial charge in [-0.3, -0.25) is 9.89 Å². The Morgan fingerprint density at radius 2 is 1.97 bits per heavy atom. The molecule has 0 spiro atoms. The third-order valence-electron chi connectivity index (χ3n) is 5.93. The molecule has 1 aromatic carbocycles. The summed E-state index contributed by atoms with van der Waals surface area (Å²) in [5.41, 5.74) is 3.60. The van der Waals surface area contributed by atoms with Gasteiger partial charge in [0.1, 0.15) is 5.76 Å². The average molecular weight is 398 g/mol. The highest BCUT2D eigenvalue weighted by molar-refractivity contribution is 5.80. The summed E-state index contributed by atoms with van der Waals surface area (Å²) in [6, 6.07) is 8.71. The Hall–Kier alpha value is -2.34. The maximum Gasteiger partial charge on any atom is 0.208 e. The summed E-state index contributed by atoms with van der Waals surface area (Å²) in [6.07, 6.45) is 2.35. The Morgan fingerprint density at radius 1 is 1.24 bits per heavy atom. The Kier molecular flexibility index (Phi) is 7.31. The van der Waals surface area contributed by atoms with Crippen molar-refractivity contribution in [1.29, 1.82) is 0 Å². The quantitative estimate of drug-likeness (QED) is 0.574. The third kappa shape index (κ3) is 5.82. The van der Waals surface area contributed by atoms with E-state index in [1.165, 1.54) is 24.0 Å². The van der Waals surface area contributed by atoms with E-state index >= 15 is 0 Å². The van der Waals surface area contributed by atoms with Crippen molar-refractivity contribution in [3.8, 4) is 0 Å². The lowest BCUT2D eigenvalue weighted by Crippen LogP contribution is -2.43. The van der Waals surface area contributed by atoms with E-state index in [0.717, 1.165) is 49.5 Å². The van der Waals surface area contributed by atoms with Crippen molar-refractivity contribution in [2.45, 2.75) is 53.1 Å². The van der Waals surface area contributed by atoms with Crippen LogP contribution in [-0.4, -0.2) is 42.5 Å². The fraction of sp³-hybridized carbons (Fsp3) is 0.565. The molecule has 1 unspecified atom stereocenters. The summed E-state index contributed by atoms with van der Waals surface area (Å²) in [5.74, 6) is 3.30. The molecule has 158 valence electrons. The van der Waals surface area contributed by atoms with Crippen LogP contribution in [0.2, 0.25) is 0 Å². The first kappa shape index (κ1) is 21.4. The van der Waals surface area contributed by atoms with Crippen LogP contribution in [0.1, 0.15) is 54.3 Å². The van der Waals surface area contributed by atoms with Gasteiger partial charge in [-0.2, -0.15) is 0 Å². The molecule has 1 atom stereocenters. The molecule has 1 saturated heterocycles. The first-order chi connectivity index (χ1) is 14.0. The van der Waals surface area contributed by atoms with Gasteiger partial charge in [-0.25, -0.2) is 4.98 Å². The van der Waals surface area contributed by atoms with Crippen LogP contribution >= 0.6 is 0 Å². The molecule has 3 rings (SSSR count). The van der Waals surface area contributed by atoms with Crippen LogP contribution in [0.4, 0.5) is 0 Å². The average Bonchev–Trinajstić information content (AvgIpc) is 3.03. The van der Waals surface area contributed by atoms with Crippen LogP contribution in [0.25, 0.3) is 0 Å². The molecule has 6 heteroatoms. The van der Waals surface area contributed by atoms with Gasteiger partial charge in [-0.15, -0.1) is 0 Å². The largest absolute Gasteiger partial charge is 0.444 e. The molecule has 0 bridgehead atoms. The molecular formula is C23H35N5O. The van der Waals surface area contributed by atoms with Gasteiger partial charge < -0.3 is 15.1 Å². The molecule has 29 heavy (non-hydrogen) atoms. The van der Waals surface area contributed by atoms with E-state index in [2.05, 4.69) is 63.6 Å². The number of aromatic nitrogens is 1. The molecule has 1 aliphatic heterocycles. The van der Waals surface area contributed by atoms with Gasteiger partial charge in [-0.05, 0) is 70.7 Å². The molecule has 1 aliphatic rings. The van der Waals surface area contributed by atoms with E-state index in [0.29, 0.717) is 5.92 Å². The lowest BCUT2D eigenvalue weighted by molar-refractivity contribution is 0.164. The zero-order chi connectivity index (χ0) is 20.8. The van der Waals surface area contributed by atoms with Crippen LogP contribution in [0.5, 0.6) is 0 Å². The summed E-state index contributed by atoms with van der Waals surface area (Å²) in [4.78, 5) is 11.4. The van der Waals surface area contributed by atoms with Crippen LogP contribution in [0.15, 0.2) is 33.7 Å². The van der Waals surface area contributed by atoms with Crippen molar-refractivity contribution in [2.24, 2.45) is 10.9 Å². The molecule has 2 heterocycles.